The Labute approximate surface area is 162 Å². The number of carbonyl (C=O) groups excluding carboxylic acids is 1. The van der Waals surface area contributed by atoms with Gasteiger partial charge in [-0.05, 0) is 23.6 Å². The molecule has 10 heteroatoms. The van der Waals surface area contributed by atoms with Gasteiger partial charge in [0, 0.05) is 23.4 Å². The average molecular weight is 398 g/mol. The van der Waals surface area contributed by atoms with Gasteiger partial charge in [-0.1, -0.05) is 6.07 Å². The molecule has 0 saturated carbocycles. The number of furan rings is 1. The second-order valence-corrected chi connectivity index (χ2v) is 7.09. The predicted molar refractivity (Wildman–Crippen MR) is 101 cm³/mol. The summed E-state index contributed by atoms with van der Waals surface area (Å²) in [7, 11) is 0. The van der Waals surface area contributed by atoms with E-state index in [9.17, 15) is 19.7 Å². The summed E-state index contributed by atoms with van der Waals surface area (Å²) >= 11 is 1.50. The Balaban J connectivity index is 1.65. The molecule has 3 aromatic heterocycles. The van der Waals surface area contributed by atoms with Crippen LogP contribution in [0.1, 0.15) is 23.1 Å². The highest BCUT2D eigenvalue weighted by molar-refractivity contribution is 7.10. The summed E-state index contributed by atoms with van der Waals surface area (Å²) in [6.45, 7) is -0.350. The van der Waals surface area contributed by atoms with E-state index in [2.05, 4.69) is 5.10 Å². The maximum Gasteiger partial charge on any atom is 0.285 e. The molecule has 0 radical (unpaired) electrons. The van der Waals surface area contributed by atoms with Crippen LogP contribution in [0, 0.1) is 10.1 Å². The first-order chi connectivity index (χ1) is 13.5. The summed E-state index contributed by atoms with van der Waals surface area (Å²) in [5.74, 6) is 0.131. The normalized spacial score (nSPS) is 16.2. The Morgan fingerprint density at radius 3 is 2.86 bits per heavy atom. The van der Waals surface area contributed by atoms with Crippen molar-refractivity contribution < 1.29 is 14.1 Å². The quantitative estimate of drug-likeness (QED) is 0.485. The first-order valence-electron chi connectivity index (χ1n) is 8.34. The van der Waals surface area contributed by atoms with E-state index in [1.54, 1.807) is 12.1 Å². The number of thiophene rings is 1. The van der Waals surface area contributed by atoms with E-state index >= 15 is 0 Å². The van der Waals surface area contributed by atoms with Crippen LogP contribution in [0.2, 0.25) is 0 Å². The second-order valence-electron chi connectivity index (χ2n) is 6.11. The van der Waals surface area contributed by atoms with Gasteiger partial charge in [0.25, 0.3) is 17.2 Å². The van der Waals surface area contributed by atoms with Crippen molar-refractivity contribution in [3.8, 4) is 0 Å². The van der Waals surface area contributed by atoms with Crippen molar-refractivity contribution in [2.45, 2.75) is 19.0 Å². The van der Waals surface area contributed by atoms with Gasteiger partial charge >= 0.3 is 0 Å². The fraction of sp³-hybridized carbons (Fsp3) is 0.167. The molecule has 1 aliphatic heterocycles. The molecule has 0 aliphatic carbocycles. The number of aromatic nitrogens is 1. The van der Waals surface area contributed by atoms with Crippen LogP contribution in [-0.4, -0.2) is 26.1 Å². The molecule has 0 bridgehead atoms. The number of hydrogen-bond donors (Lipinski definition) is 0. The summed E-state index contributed by atoms with van der Waals surface area (Å²) < 4.78 is 6.42. The topological polar surface area (TPSA) is 111 Å². The predicted octanol–water partition coefficient (Wildman–Crippen LogP) is 2.79. The van der Waals surface area contributed by atoms with E-state index in [0.29, 0.717) is 17.9 Å². The number of rotatable bonds is 5. The Hall–Kier alpha value is -3.53. The first-order valence-corrected chi connectivity index (χ1v) is 9.22. The van der Waals surface area contributed by atoms with Crippen LogP contribution >= 0.6 is 11.3 Å². The molecule has 9 nitrogen and oxygen atoms in total. The Kier molecular flexibility index (Phi) is 4.62. The zero-order chi connectivity index (χ0) is 19.7. The lowest BCUT2D eigenvalue weighted by Gasteiger charge is -2.21. The Morgan fingerprint density at radius 1 is 1.32 bits per heavy atom. The average Bonchev–Trinajstić information content (AvgIpc) is 3.42. The van der Waals surface area contributed by atoms with E-state index in [-0.39, 0.29) is 18.3 Å². The van der Waals surface area contributed by atoms with Crippen LogP contribution in [-0.2, 0) is 11.3 Å². The fourth-order valence-electron chi connectivity index (χ4n) is 3.00. The Bertz CT molecular complexity index is 1100. The van der Waals surface area contributed by atoms with Crippen molar-refractivity contribution in [3.05, 3.63) is 85.3 Å². The molecule has 0 spiro atoms. The number of amides is 1. The minimum Gasteiger partial charge on any atom is -0.463 e. The van der Waals surface area contributed by atoms with Crippen LogP contribution < -0.4 is 5.56 Å². The molecule has 0 aromatic carbocycles. The standard InChI is InChI=1S/C18H14N4O5S/c23-17-6-5-12(22(25)26)10-20(17)11-18(24)21-14(16-4-2-8-28-16)9-13(19-21)15-3-1-7-27-15/h1-8,10,14H,9,11H2. The van der Waals surface area contributed by atoms with Gasteiger partial charge in [-0.3, -0.25) is 24.3 Å². The van der Waals surface area contributed by atoms with Gasteiger partial charge in [0.05, 0.1) is 23.4 Å². The maximum atomic E-state index is 12.9. The lowest BCUT2D eigenvalue weighted by atomic mass is 10.1. The van der Waals surface area contributed by atoms with E-state index in [0.717, 1.165) is 27.8 Å². The zero-order valence-electron chi connectivity index (χ0n) is 14.4. The van der Waals surface area contributed by atoms with Crippen LogP contribution in [0.15, 0.2) is 68.6 Å². The monoisotopic (exact) mass is 398 g/mol. The van der Waals surface area contributed by atoms with E-state index in [1.165, 1.54) is 22.6 Å². The molecule has 1 aliphatic rings. The van der Waals surface area contributed by atoms with E-state index < -0.39 is 16.4 Å². The molecule has 0 fully saturated rings. The lowest BCUT2D eigenvalue weighted by molar-refractivity contribution is -0.385. The highest BCUT2D eigenvalue weighted by atomic mass is 32.1. The molecule has 3 aromatic rings. The van der Waals surface area contributed by atoms with Gasteiger partial charge < -0.3 is 4.42 Å². The summed E-state index contributed by atoms with van der Waals surface area (Å²) in [6.07, 6.45) is 3.07. The summed E-state index contributed by atoms with van der Waals surface area (Å²) in [4.78, 5) is 36.2. The summed E-state index contributed by atoms with van der Waals surface area (Å²) in [6, 6.07) is 9.18. The second kappa shape index (κ2) is 7.24. The largest absolute Gasteiger partial charge is 0.463 e. The number of hydrogen-bond acceptors (Lipinski definition) is 7. The smallest absolute Gasteiger partial charge is 0.285 e. The number of pyridine rings is 1. The molecule has 1 atom stereocenters. The van der Waals surface area contributed by atoms with Gasteiger partial charge in [-0.25, -0.2) is 5.01 Å². The van der Waals surface area contributed by atoms with E-state index in [4.69, 9.17) is 4.42 Å². The third-order valence-corrected chi connectivity index (χ3v) is 5.30. The van der Waals surface area contributed by atoms with Gasteiger partial charge in [0.1, 0.15) is 18.0 Å². The molecule has 4 rings (SSSR count). The molecule has 28 heavy (non-hydrogen) atoms. The van der Waals surface area contributed by atoms with Crippen molar-refractivity contribution in [2.24, 2.45) is 5.10 Å². The molecule has 1 amide bonds. The van der Waals surface area contributed by atoms with Crippen LogP contribution in [0.3, 0.4) is 0 Å². The molecule has 0 N–H and O–H groups in total. The fourth-order valence-corrected chi connectivity index (χ4v) is 3.81. The third kappa shape index (κ3) is 3.37. The maximum absolute atomic E-state index is 12.9. The highest BCUT2D eigenvalue weighted by Gasteiger charge is 2.34. The summed E-state index contributed by atoms with van der Waals surface area (Å²) in [5.41, 5.74) is -0.132. The third-order valence-electron chi connectivity index (χ3n) is 4.33. The lowest BCUT2D eigenvalue weighted by Crippen LogP contribution is -2.33. The number of nitro groups is 1. The van der Waals surface area contributed by atoms with Crippen LogP contribution in [0.5, 0.6) is 0 Å². The van der Waals surface area contributed by atoms with Crippen molar-refractivity contribution in [3.63, 3.8) is 0 Å². The number of nitrogens with zero attached hydrogens (tertiary/aromatic N) is 4. The van der Waals surface area contributed by atoms with Crippen molar-refractivity contribution >= 4 is 28.6 Å². The molecular weight excluding hydrogens is 384 g/mol. The zero-order valence-corrected chi connectivity index (χ0v) is 15.2. The number of hydrazone groups is 1. The van der Waals surface area contributed by atoms with Gasteiger partial charge in [-0.15, -0.1) is 11.3 Å². The van der Waals surface area contributed by atoms with Gasteiger partial charge in [0.15, 0.2) is 0 Å². The minimum absolute atomic E-state index is 0.261. The highest BCUT2D eigenvalue weighted by Crippen LogP contribution is 2.35. The molecule has 142 valence electrons. The van der Waals surface area contributed by atoms with Crippen LogP contribution in [0.4, 0.5) is 5.69 Å². The van der Waals surface area contributed by atoms with Gasteiger partial charge in [-0.2, -0.15) is 5.10 Å². The minimum atomic E-state index is -0.613. The van der Waals surface area contributed by atoms with Crippen molar-refractivity contribution in [2.75, 3.05) is 0 Å². The first kappa shape index (κ1) is 17.9. The molecule has 4 heterocycles. The number of carbonyl (C=O) groups is 1. The SMILES string of the molecule is O=C(Cn1cc([N+](=O)[O-])ccc1=O)N1N=C(c2ccco2)CC1c1cccs1. The van der Waals surface area contributed by atoms with E-state index in [1.807, 2.05) is 17.5 Å². The molecule has 1 unspecified atom stereocenters. The van der Waals surface area contributed by atoms with Crippen molar-refractivity contribution in [1.82, 2.24) is 9.58 Å². The van der Waals surface area contributed by atoms with Crippen LogP contribution in [0.25, 0.3) is 0 Å². The Morgan fingerprint density at radius 2 is 2.18 bits per heavy atom. The molecular formula is C18H14N4O5S. The van der Waals surface area contributed by atoms with Gasteiger partial charge in [0.2, 0.25) is 0 Å². The molecule has 0 saturated heterocycles. The van der Waals surface area contributed by atoms with Crippen molar-refractivity contribution in [1.29, 1.82) is 0 Å². The summed E-state index contributed by atoms with van der Waals surface area (Å²) in [5, 5.41) is 18.6.